The monoisotopic (exact) mass is 616 g/mol. The molecular weight excluding hydrogens is 587 g/mol. The second-order valence-corrected chi connectivity index (χ2v) is 12.2. The van der Waals surface area contributed by atoms with Gasteiger partial charge < -0.3 is 10.5 Å². The molecule has 12 heteroatoms. The summed E-state index contributed by atoms with van der Waals surface area (Å²) in [5, 5.41) is 14.3. The van der Waals surface area contributed by atoms with Crippen LogP contribution in [-0.2, 0) is 24.3 Å². The van der Waals surface area contributed by atoms with Gasteiger partial charge in [-0.1, -0.05) is 6.07 Å². The van der Waals surface area contributed by atoms with Crippen molar-refractivity contribution >= 4 is 28.5 Å². The molecule has 11 nitrogen and oxygen atoms in total. The molecule has 5 aromatic rings. The topological polar surface area (TPSA) is 153 Å². The van der Waals surface area contributed by atoms with Crippen LogP contribution in [0, 0.1) is 23.1 Å². The molecule has 0 atom stereocenters. The fourth-order valence-corrected chi connectivity index (χ4v) is 5.84. The highest BCUT2D eigenvalue weighted by Gasteiger charge is 2.41. The molecule has 5 heterocycles. The van der Waals surface area contributed by atoms with Crippen molar-refractivity contribution in [2.24, 2.45) is 11.7 Å². The summed E-state index contributed by atoms with van der Waals surface area (Å²) in [6.07, 6.45) is 6.96. The SMILES string of the molecule is CC1(C)Oc2cc(-c3c(C(N)=O)c(CC4CC4)nc4c3cnn4Cc3ccc(F)cn3)ccc2N(Cc2ccc(C#N)cn2)C1=O. The molecule has 1 aliphatic heterocycles. The molecule has 46 heavy (non-hydrogen) atoms. The second-order valence-electron chi connectivity index (χ2n) is 12.2. The highest BCUT2D eigenvalue weighted by atomic mass is 19.1. The Morgan fingerprint density at radius 1 is 1.09 bits per heavy atom. The van der Waals surface area contributed by atoms with Crippen LogP contribution in [0.25, 0.3) is 22.2 Å². The number of halogens is 1. The van der Waals surface area contributed by atoms with Crippen molar-refractivity contribution in [2.45, 2.75) is 51.8 Å². The number of aromatic nitrogens is 5. The van der Waals surface area contributed by atoms with E-state index in [0.717, 1.165) is 19.0 Å². The number of pyridine rings is 3. The predicted molar refractivity (Wildman–Crippen MR) is 166 cm³/mol. The summed E-state index contributed by atoms with van der Waals surface area (Å²) in [5.41, 5.74) is 9.73. The van der Waals surface area contributed by atoms with Crippen LogP contribution in [0.4, 0.5) is 10.1 Å². The molecule has 0 saturated heterocycles. The molecule has 0 unspecified atom stereocenters. The number of ether oxygens (including phenoxy) is 1. The Kier molecular flexibility index (Phi) is 6.96. The summed E-state index contributed by atoms with van der Waals surface area (Å²) in [5.74, 6) is -0.420. The number of hydrogen-bond acceptors (Lipinski definition) is 8. The quantitative estimate of drug-likeness (QED) is 0.263. The van der Waals surface area contributed by atoms with Gasteiger partial charge in [-0.15, -0.1) is 0 Å². The van der Waals surface area contributed by atoms with Gasteiger partial charge >= 0.3 is 0 Å². The highest BCUT2D eigenvalue weighted by molar-refractivity contribution is 6.09. The Morgan fingerprint density at radius 2 is 1.85 bits per heavy atom. The van der Waals surface area contributed by atoms with E-state index in [2.05, 4.69) is 21.1 Å². The van der Waals surface area contributed by atoms with Gasteiger partial charge in [0, 0.05) is 17.1 Å². The van der Waals surface area contributed by atoms with Gasteiger partial charge in [0.15, 0.2) is 11.2 Å². The summed E-state index contributed by atoms with van der Waals surface area (Å²) in [6, 6.07) is 13.8. The van der Waals surface area contributed by atoms with Crippen molar-refractivity contribution in [3.05, 3.63) is 95.1 Å². The molecule has 230 valence electrons. The van der Waals surface area contributed by atoms with Crippen molar-refractivity contribution in [3.8, 4) is 22.9 Å². The lowest BCUT2D eigenvalue weighted by Crippen LogP contribution is -2.52. The van der Waals surface area contributed by atoms with Crippen LogP contribution in [0.2, 0.25) is 0 Å². The minimum atomic E-state index is -1.19. The first kappa shape index (κ1) is 29.0. The number of anilines is 1. The zero-order valence-corrected chi connectivity index (χ0v) is 25.2. The van der Waals surface area contributed by atoms with Crippen molar-refractivity contribution in [1.29, 1.82) is 5.26 Å². The maximum atomic E-state index is 13.5. The van der Waals surface area contributed by atoms with E-state index in [0.29, 0.717) is 74.1 Å². The lowest BCUT2D eigenvalue weighted by atomic mass is 9.92. The van der Waals surface area contributed by atoms with E-state index < -0.39 is 17.3 Å². The molecule has 0 spiro atoms. The standard InChI is InChI=1S/C34H29FN8O3/c1-34(2)33(45)42(17-23-8-5-20(13-36)14-38-23)27-10-6-21(12-28(27)46-34)29-25-16-40-43(18-24-9-7-22(35)15-39-24)32(25)41-26(11-19-3-4-19)30(29)31(37)44/h5-10,12,14-16,19H,3-4,11,17-18H2,1-2H3,(H2,37,44). The maximum absolute atomic E-state index is 13.5. The van der Waals surface area contributed by atoms with Gasteiger partial charge in [-0.3, -0.25) is 24.5 Å². The molecule has 2 N–H and O–H groups in total. The molecule has 1 aliphatic carbocycles. The van der Waals surface area contributed by atoms with Crippen LogP contribution in [0.1, 0.15) is 59.7 Å². The van der Waals surface area contributed by atoms with Gasteiger partial charge in [-0.2, -0.15) is 10.4 Å². The van der Waals surface area contributed by atoms with E-state index in [9.17, 15) is 14.0 Å². The van der Waals surface area contributed by atoms with E-state index in [4.69, 9.17) is 20.7 Å². The number of amides is 2. The average Bonchev–Trinajstić information content (AvgIpc) is 3.77. The maximum Gasteiger partial charge on any atom is 0.271 e. The third-order valence-electron chi connectivity index (χ3n) is 8.32. The first-order chi connectivity index (χ1) is 22.1. The number of primary amides is 1. The Hall–Kier alpha value is -5.70. The number of benzene rings is 1. The number of hydrogen-bond donors (Lipinski definition) is 1. The van der Waals surface area contributed by atoms with Crippen LogP contribution in [0.5, 0.6) is 5.75 Å². The number of nitriles is 1. The van der Waals surface area contributed by atoms with Crippen molar-refractivity contribution in [3.63, 3.8) is 0 Å². The average molecular weight is 617 g/mol. The van der Waals surface area contributed by atoms with Gasteiger partial charge in [-0.05, 0) is 81.0 Å². The molecule has 2 amide bonds. The van der Waals surface area contributed by atoms with E-state index in [-0.39, 0.29) is 19.0 Å². The Bertz CT molecular complexity index is 2060. The number of nitrogens with zero attached hydrogens (tertiary/aromatic N) is 7. The first-order valence-corrected chi connectivity index (χ1v) is 14.9. The molecular formula is C34H29FN8O3. The Balaban J connectivity index is 1.36. The molecule has 1 fully saturated rings. The smallest absolute Gasteiger partial charge is 0.271 e. The van der Waals surface area contributed by atoms with E-state index >= 15 is 0 Å². The number of nitrogens with two attached hydrogens (primary N) is 1. The highest BCUT2D eigenvalue weighted by Crippen LogP contribution is 2.44. The van der Waals surface area contributed by atoms with Crippen LogP contribution in [0.3, 0.4) is 0 Å². The van der Waals surface area contributed by atoms with Gasteiger partial charge in [0.05, 0.1) is 59.4 Å². The van der Waals surface area contributed by atoms with Gasteiger partial charge in [0.2, 0.25) is 0 Å². The van der Waals surface area contributed by atoms with E-state index in [1.807, 2.05) is 12.1 Å². The summed E-state index contributed by atoms with van der Waals surface area (Å²) >= 11 is 0. The second kappa shape index (κ2) is 11.0. The minimum absolute atomic E-state index is 0.172. The van der Waals surface area contributed by atoms with Crippen molar-refractivity contribution < 1.29 is 18.7 Å². The minimum Gasteiger partial charge on any atom is -0.476 e. The number of fused-ring (bicyclic) bond motifs is 2. The van der Waals surface area contributed by atoms with Crippen LogP contribution in [0.15, 0.2) is 61.1 Å². The van der Waals surface area contributed by atoms with Crippen LogP contribution < -0.4 is 15.4 Å². The summed E-state index contributed by atoms with van der Waals surface area (Å²) < 4.78 is 21.5. The fraction of sp³-hybridized carbons (Fsp3) is 0.265. The summed E-state index contributed by atoms with van der Waals surface area (Å²) in [7, 11) is 0. The molecule has 4 aromatic heterocycles. The normalized spacial score (nSPS) is 15.3. The Morgan fingerprint density at radius 3 is 2.52 bits per heavy atom. The summed E-state index contributed by atoms with van der Waals surface area (Å²) in [4.78, 5) is 41.7. The largest absolute Gasteiger partial charge is 0.476 e. The molecule has 7 rings (SSSR count). The zero-order valence-electron chi connectivity index (χ0n) is 25.2. The van der Waals surface area contributed by atoms with Crippen LogP contribution >= 0.6 is 0 Å². The first-order valence-electron chi connectivity index (χ1n) is 14.9. The van der Waals surface area contributed by atoms with Gasteiger partial charge in [-0.25, -0.2) is 14.1 Å². The summed E-state index contributed by atoms with van der Waals surface area (Å²) in [6.45, 7) is 3.82. The molecule has 0 radical (unpaired) electrons. The number of carbonyl (C=O) groups excluding carboxylic acids is 2. The third kappa shape index (κ3) is 5.30. The lowest BCUT2D eigenvalue weighted by molar-refractivity contribution is -0.132. The van der Waals surface area contributed by atoms with Crippen molar-refractivity contribution in [1.82, 2.24) is 24.7 Å². The fourth-order valence-electron chi connectivity index (χ4n) is 5.84. The molecule has 0 bridgehead atoms. The lowest BCUT2D eigenvalue weighted by Gasteiger charge is -2.39. The molecule has 2 aliphatic rings. The van der Waals surface area contributed by atoms with E-state index in [1.54, 1.807) is 53.9 Å². The molecule has 1 saturated carbocycles. The number of rotatable bonds is 8. The van der Waals surface area contributed by atoms with Gasteiger partial charge in [0.1, 0.15) is 17.6 Å². The van der Waals surface area contributed by atoms with Crippen molar-refractivity contribution in [2.75, 3.05) is 4.90 Å². The number of carbonyl (C=O) groups is 2. The molecule has 1 aromatic carbocycles. The van der Waals surface area contributed by atoms with Gasteiger partial charge in [0.25, 0.3) is 11.8 Å². The zero-order chi connectivity index (χ0) is 32.2. The predicted octanol–water partition coefficient (Wildman–Crippen LogP) is 4.70. The van der Waals surface area contributed by atoms with Crippen LogP contribution in [-0.4, -0.2) is 42.1 Å². The van der Waals surface area contributed by atoms with E-state index in [1.165, 1.54) is 12.3 Å². The Labute approximate surface area is 263 Å². The third-order valence-corrected chi connectivity index (χ3v) is 8.32.